The van der Waals surface area contributed by atoms with E-state index in [0.29, 0.717) is 17.6 Å². The SMILES string of the molecule is CCN(CC)C(=O)CNS(=O)(=O)c1cncc(Br)c1. The molecular weight excluding hydrogens is 334 g/mol. The van der Waals surface area contributed by atoms with Gasteiger partial charge in [-0.05, 0) is 35.8 Å². The molecule has 6 nitrogen and oxygen atoms in total. The van der Waals surface area contributed by atoms with E-state index in [1.54, 1.807) is 4.90 Å². The van der Waals surface area contributed by atoms with Crippen molar-refractivity contribution in [2.75, 3.05) is 19.6 Å². The molecule has 0 aliphatic heterocycles. The van der Waals surface area contributed by atoms with Gasteiger partial charge in [-0.1, -0.05) is 0 Å². The average molecular weight is 350 g/mol. The zero-order valence-corrected chi connectivity index (χ0v) is 13.2. The van der Waals surface area contributed by atoms with Gasteiger partial charge in [0, 0.05) is 30.0 Å². The fourth-order valence-electron chi connectivity index (χ4n) is 1.47. The lowest BCUT2D eigenvalue weighted by Crippen LogP contribution is -2.39. The van der Waals surface area contributed by atoms with Crippen molar-refractivity contribution < 1.29 is 13.2 Å². The zero-order valence-electron chi connectivity index (χ0n) is 10.8. The number of aromatic nitrogens is 1. The number of halogens is 1. The summed E-state index contributed by atoms with van der Waals surface area (Å²) in [7, 11) is -3.72. The largest absolute Gasteiger partial charge is 0.342 e. The highest BCUT2D eigenvalue weighted by atomic mass is 79.9. The lowest BCUT2D eigenvalue weighted by molar-refractivity contribution is -0.129. The van der Waals surface area contributed by atoms with Gasteiger partial charge in [0.1, 0.15) is 4.90 Å². The fraction of sp³-hybridized carbons (Fsp3) is 0.455. The van der Waals surface area contributed by atoms with Crippen LogP contribution in [0.4, 0.5) is 0 Å². The number of carbonyl (C=O) groups excluding carboxylic acids is 1. The lowest BCUT2D eigenvalue weighted by atomic mass is 10.4. The maximum atomic E-state index is 11.9. The quantitative estimate of drug-likeness (QED) is 0.830. The van der Waals surface area contributed by atoms with Crippen molar-refractivity contribution in [3.63, 3.8) is 0 Å². The van der Waals surface area contributed by atoms with Gasteiger partial charge in [0.2, 0.25) is 15.9 Å². The van der Waals surface area contributed by atoms with Gasteiger partial charge in [0.25, 0.3) is 0 Å². The number of nitrogens with one attached hydrogen (secondary N) is 1. The monoisotopic (exact) mass is 349 g/mol. The van der Waals surface area contributed by atoms with E-state index in [1.165, 1.54) is 18.5 Å². The third-order valence-corrected chi connectivity index (χ3v) is 4.32. The van der Waals surface area contributed by atoms with Crippen molar-refractivity contribution in [2.24, 2.45) is 0 Å². The highest BCUT2D eigenvalue weighted by Gasteiger charge is 2.18. The Morgan fingerprint density at radius 2 is 2.00 bits per heavy atom. The van der Waals surface area contributed by atoms with Gasteiger partial charge in [-0.2, -0.15) is 0 Å². The van der Waals surface area contributed by atoms with Gasteiger partial charge in [0.05, 0.1) is 6.54 Å². The Labute approximate surface area is 121 Å². The molecule has 1 aromatic rings. The number of likely N-dealkylation sites (N-methyl/N-ethyl adjacent to an activating group) is 1. The minimum Gasteiger partial charge on any atom is -0.342 e. The summed E-state index contributed by atoms with van der Waals surface area (Å²) >= 11 is 3.15. The van der Waals surface area contributed by atoms with Crippen LogP contribution in [0.1, 0.15) is 13.8 Å². The molecule has 1 amide bonds. The summed E-state index contributed by atoms with van der Waals surface area (Å²) in [6.07, 6.45) is 2.72. The topological polar surface area (TPSA) is 79.4 Å². The summed E-state index contributed by atoms with van der Waals surface area (Å²) < 4.78 is 26.7. The van der Waals surface area contributed by atoms with Crippen LogP contribution in [0.15, 0.2) is 27.8 Å². The lowest BCUT2D eigenvalue weighted by Gasteiger charge is -2.18. The van der Waals surface area contributed by atoms with Crippen LogP contribution in [0.5, 0.6) is 0 Å². The molecule has 106 valence electrons. The molecule has 0 unspecified atom stereocenters. The van der Waals surface area contributed by atoms with Gasteiger partial charge >= 0.3 is 0 Å². The third kappa shape index (κ3) is 4.55. The molecule has 0 aliphatic rings. The van der Waals surface area contributed by atoms with Crippen molar-refractivity contribution >= 4 is 31.9 Å². The second-order valence-electron chi connectivity index (χ2n) is 3.73. The van der Waals surface area contributed by atoms with Gasteiger partial charge in [-0.3, -0.25) is 9.78 Å². The minimum absolute atomic E-state index is 0.0224. The first-order valence-corrected chi connectivity index (χ1v) is 8.06. The Kier molecular flexibility index (Phi) is 5.89. The second kappa shape index (κ2) is 6.97. The van der Waals surface area contributed by atoms with Crippen LogP contribution in [0.25, 0.3) is 0 Å². The standard InChI is InChI=1S/C11H16BrN3O3S/c1-3-15(4-2)11(16)8-14-19(17,18)10-5-9(12)6-13-7-10/h5-7,14H,3-4,8H2,1-2H3. The van der Waals surface area contributed by atoms with Gasteiger partial charge in [0.15, 0.2) is 0 Å². The van der Waals surface area contributed by atoms with Gasteiger partial charge in [-0.15, -0.1) is 0 Å². The molecule has 1 rings (SSSR count). The van der Waals surface area contributed by atoms with Crippen molar-refractivity contribution in [1.29, 1.82) is 0 Å². The number of carbonyl (C=O) groups is 1. The molecule has 0 bridgehead atoms. The summed E-state index contributed by atoms with van der Waals surface area (Å²) in [5.74, 6) is -0.253. The molecule has 0 atom stereocenters. The van der Waals surface area contributed by atoms with Crippen molar-refractivity contribution in [3.8, 4) is 0 Å². The Bertz CT molecular complexity index is 544. The molecule has 19 heavy (non-hydrogen) atoms. The van der Waals surface area contributed by atoms with Crippen LogP contribution in [-0.2, 0) is 14.8 Å². The van der Waals surface area contributed by atoms with Crippen LogP contribution in [0, 0.1) is 0 Å². The maximum absolute atomic E-state index is 11.9. The van der Waals surface area contributed by atoms with Crippen molar-refractivity contribution in [1.82, 2.24) is 14.6 Å². The molecule has 1 aromatic heterocycles. The summed E-state index contributed by atoms with van der Waals surface area (Å²) in [5.41, 5.74) is 0. The predicted molar refractivity (Wildman–Crippen MR) is 75.1 cm³/mol. The summed E-state index contributed by atoms with van der Waals surface area (Å²) in [6.45, 7) is 4.53. The Morgan fingerprint density at radius 1 is 1.37 bits per heavy atom. The van der Waals surface area contributed by atoms with Crippen molar-refractivity contribution in [2.45, 2.75) is 18.7 Å². The highest BCUT2D eigenvalue weighted by molar-refractivity contribution is 9.10. The van der Waals surface area contributed by atoms with Crippen LogP contribution < -0.4 is 4.72 Å². The van der Waals surface area contributed by atoms with Gasteiger partial charge in [-0.25, -0.2) is 13.1 Å². The van der Waals surface area contributed by atoms with Crippen LogP contribution >= 0.6 is 15.9 Å². The highest BCUT2D eigenvalue weighted by Crippen LogP contribution is 2.13. The van der Waals surface area contributed by atoms with Gasteiger partial charge < -0.3 is 4.90 Å². The second-order valence-corrected chi connectivity index (χ2v) is 6.41. The number of rotatable bonds is 6. The first-order valence-electron chi connectivity index (χ1n) is 5.78. The smallest absolute Gasteiger partial charge is 0.242 e. The average Bonchev–Trinajstić information content (AvgIpc) is 2.38. The molecule has 0 spiro atoms. The third-order valence-electron chi connectivity index (χ3n) is 2.52. The molecule has 0 saturated carbocycles. The van der Waals surface area contributed by atoms with E-state index in [1.807, 2.05) is 13.8 Å². The van der Waals surface area contributed by atoms with E-state index >= 15 is 0 Å². The zero-order chi connectivity index (χ0) is 14.5. The Morgan fingerprint density at radius 3 is 2.53 bits per heavy atom. The summed E-state index contributed by atoms with van der Waals surface area (Å²) in [4.78, 5) is 17.1. The summed E-state index contributed by atoms with van der Waals surface area (Å²) in [6, 6.07) is 1.43. The molecule has 0 radical (unpaired) electrons. The molecule has 0 fully saturated rings. The Hall–Kier alpha value is -0.990. The molecular formula is C11H16BrN3O3S. The number of pyridine rings is 1. The van der Waals surface area contributed by atoms with Crippen molar-refractivity contribution in [3.05, 3.63) is 22.9 Å². The van der Waals surface area contributed by atoms with E-state index in [0.717, 1.165) is 0 Å². The number of sulfonamides is 1. The summed E-state index contributed by atoms with van der Waals surface area (Å²) in [5, 5.41) is 0. The minimum atomic E-state index is -3.72. The molecule has 1 heterocycles. The van der Waals surface area contributed by atoms with Crippen LogP contribution in [-0.4, -0.2) is 43.8 Å². The fourth-order valence-corrected chi connectivity index (χ4v) is 2.95. The van der Waals surface area contributed by atoms with E-state index in [9.17, 15) is 13.2 Å². The molecule has 0 aliphatic carbocycles. The van der Waals surface area contributed by atoms with E-state index in [4.69, 9.17) is 0 Å². The number of hydrogen-bond donors (Lipinski definition) is 1. The van der Waals surface area contributed by atoms with Crippen LogP contribution in [0.3, 0.4) is 0 Å². The van der Waals surface area contributed by atoms with E-state index in [2.05, 4.69) is 25.6 Å². The first-order chi connectivity index (χ1) is 8.90. The van der Waals surface area contributed by atoms with E-state index < -0.39 is 10.0 Å². The molecule has 1 N–H and O–H groups in total. The normalized spacial score (nSPS) is 11.3. The van der Waals surface area contributed by atoms with E-state index in [-0.39, 0.29) is 17.3 Å². The first kappa shape index (κ1) is 16.1. The Balaban J connectivity index is 2.74. The number of amides is 1. The van der Waals surface area contributed by atoms with Crippen LogP contribution in [0.2, 0.25) is 0 Å². The predicted octanol–water partition coefficient (Wildman–Crippen LogP) is 0.991. The molecule has 0 saturated heterocycles. The maximum Gasteiger partial charge on any atom is 0.242 e. The molecule has 8 heteroatoms. The number of hydrogen-bond acceptors (Lipinski definition) is 4. The molecule has 0 aromatic carbocycles. The number of nitrogens with zero attached hydrogens (tertiary/aromatic N) is 2.